The van der Waals surface area contributed by atoms with Crippen molar-refractivity contribution in [2.24, 2.45) is 0 Å². The number of anilines is 1. The zero-order valence-corrected chi connectivity index (χ0v) is 28.8. The number of hydrogen-bond acceptors (Lipinski definition) is 5. The summed E-state index contributed by atoms with van der Waals surface area (Å²) < 4.78 is 15.3. The minimum atomic E-state index is -0.663. The van der Waals surface area contributed by atoms with E-state index in [2.05, 4.69) is 121 Å². The molecule has 0 radical (unpaired) electrons. The molecule has 0 saturated carbocycles. The molecule has 0 aliphatic carbocycles. The molecule has 248 valence electrons. The summed E-state index contributed by atoms with van der Waals surface area (Å²) in [6, 6.07) is 33.7. The molecular formula is C43H43N3O3. The van der Waals surface area contributed by atoms with E-state index >= 15 is 0 Å². The number of nitrogens with one attached hydrogen (secondary N) is 1. The number of carbonyl (C=O) groups excluding carboxylic acids is 1. The Balaban J connectivity index is 1.54. The van der Waals surface area contributed by atoms with Gasteiger partial charge < -0.3 is 19.4 Å². The van der Waals surface area contributed by atoms with Gasteiger partial charge >= 0.3 is 5.97 Å². The maximum absolute atomic E-state index is 13.8. The minimum Gasteiger partial charge on any atom is -0.491 e. The van der Waals surface area contributed by atoms with Gasteiger partial charge in [-0.2, -0.15) is 0 Å². The van der Waals surface area contributed by atoms with E-state index in [0.29, 0.717) is 12.3 Å². The monoisotopic (exact) mass is 649 g/mol. The average Bonchev–Trinajstić information content (AvgIpc) is 3.66. The highest BCUT2D eigenvalue weighted by atomic mass is 16.5. The maximum atomic E-state index is 13.8. The van der Waals surface area contributed by atoms with Crippen molar-refractivity contribution < 1.29 is 14.3 Å². The minimum absolute atomic E-state index is 0.351. The van der Waals surface area contributed by atoms with Gasteiger partial charge in [-0.3, -0.25) is 0 Å². The number of para-hydroxylation sites is 1. The maximum Gasteiger partial charge on any atom is 0.358 e. The third-order valence-electron chi connectivity index (χ3n) is 9.46. The van der Waals surface area contributed by atoms with E-state index in [4.69, 9.17) is 9.47 Å². The standard InChI is InChI=1S/C43H43N3O3/c1-5-9-18-30-27-33(41(48-8-4)38(44-6-2)35(30)28-19-12-10-13-20-28)31-25-26-45-39-36(31)42(49-43(39)47)37-32-23-16-17-24-34(32)46(7-3)40(37)29-21-14-11-15-22-29/h10-17,19-27,42,44H,5-9,18H2,1-4H3. The second-order valence-corrected chi connectivity index (χ2v) is 12.4. The zero-order chi connectivity index (χ0) is 33.9. The number of nitrogens with zero attached hydrogens (tertiary/aromatic N) is 2. The number of aryl methyl sites for hydroxylation is 2. The lowest BCUT2D eigenvalue weighted by atomic mass is 9.86. The van der Waals surface area contributed by atoms with Crippen LogP contribution >= 0.6 is 0 Å². The van der Waals surface area contributed by atoms with Crippen LogP contribution in [0.4, 0.5) is 5.69 Å². The van der Waals surface area contributed by atoms with Gasteiger partial charge in [0.2, 0.25) is 0 Å². The number of ether oxygens (including phenoxy) is 2. The molecule has 1 N–H and O–H groups in total. The highest BCUT2D eigenvalue weighted by molar-refractivity contribution is 6.01. The van der Waals surface area contributed by atoms with E-state index in [0.717, 1.165) is 99.3 Å². The molecular weight excluding hydrogens is 606 g/mol. The van der Waals surface area contributed by atoms with Crippen LogP contribution in [0.25, 0.3) is 44.4 Å². The van der Waals surface area contributed by atoms with Gasteiger partial charge in [-0.15, -0.1) is 0 Å². The van der Waals surface area contributed by atoms with E-state index in [1.54, 1.807) is 6.20 Å². The van der Waals surface area contributed by atoms with E-state index in [1.165, 1.54) is 5.56 Å². The van der Waals surface area contributed by atoms with Crippen molar-refractivity contribution in [2.75, 3.05) is 18.5 Å². The van der Waals surface area contributed by atoms with Crippen LogP contribution < -0.4 is 10.1 Å². The molecule has 1 aliphatic rings. The van der Waals surface area contributed by atoms with Crippen molar-refractivity contribution >= 4 is 22.6 Å². The Labute approximate surface area is 288 Å². The lowest BCUT2D eigenvalue weighted by Gasteiger charge is -2.25. The lowest BCUT2D eigenvalue weighted by molar-refractivity contribution is 0.0455. The fourth-order valence-corrected chi connectivity index (χ4v) is 7.45. The summed E-state index contributed by atoms with van der Waals surface area (Å²) in [7, 11) is 0. The molecule has 6 nitrogen and oxygen atoms in total. The number of carbonyl (C=O) groups is 1. The Hall–Kier alpha value is -5.36. The molecule has 2 aromatic heterocycles. The summed E-state index contributed by atoms with van der Waals surface area (Å²) in [5.41, 5.74) is 11.7. The van der Waals surface area contributed by atoms with E-state index in [9.17, 15) is 4.79 Å². The second-order valence-electron chi connectivity index (χ2n) is 12.4. The molecule has 4 aromatic carbocycles. The Bertz CT molecular complexity index is 2120. The first-order valence-corrected chi connectivity index (χ1v) is 17.6. The van der Waals surface area contributed by atoms with Gasteiger partial charge in [0.1, 0.15) is 0 Å². The van der Waals surface area contributed by atoms with Gasteiger partial charge in [0.05, 0.1) is 18.0 Å². The fourth-order valence-electron chi connectivity index (χ4n) is 7.45. The first kappa shape index (κ1) is 32.2. The van der Waals surface area contributed by atoms with E-state index in [1.807, 2.05) is 19.1 Å². The molecule has 0 fully saturated rings. The van der Waals surface area contributed by atoms with E-state index < -0.39 is 12.1 Å². The number of hydrogen-bond donors (Lipinski definition) is 1. The normalized spacial score (nSPS) is 13.8. The van der Waals surface area contributed by atoms with Crippen LogP contribution in [0.2, 0.25) is 0 Å². The first-order chi connectivity index (χ1) is 24.1. The lowest BCUT2D eigenvalue weighted by Crippen LogP contribution is -2.09. The highest BCUT2D eigenvalue weighted by Gasteiger charge is 2.40. The number of esters is 1. The predicted octanol–water partition coefficient (Wildman–Crippen LogP) is 10.5. The van der Waals surface area contributed by atoms with Gasteiger partial charge in [-0.25, -0.2) is 9.78 Å². The summed E-state index contributed by atoms with van der Waals surface area (Å²) in [5, 5.41) is 4.76. The molecule has 0 amide bonds. The van der Waals surface area contributed by atoms with Gasteiger partial charge in [0.15, 0.2) is 17.5 Å². The number of fused-ring (bicyclic) bond motifs is 2. The zero-order valence-electron chi connectivity index (χ0n) is 28.8. The summed E-state index contributed by atoms with van der Waals surface area (Å²) >= 11 is 0. The molecule has 0 bridgehead atoms. The van der Waals surface area contributed by atoms with Crippen LogP contribution in [0.3, 0.4) is 0 Å². The molecule has 0 spiro atoms. The van der Waals surface area contributed by atoms with Crippen molar-refractivity contribution in [3.8, 4) is 39.3 Å². The smallest absolute Gasteiger partial charge is 0.358 e. The number of pyridine rings is 1. The highest BCUT2D eigenvalue weighted by Crippen LogP contribution is 2.52. The molecule has 6 heteroatoms. The molecule has 7 rings (SSSR count). The quantitative estimate of drug-likeness (QED) is 0.134. The molecule has 6 aromatic rings. The van der Waals surface area contributed by atoms with E-state index in [-0.39, 0.29) is 0 Å². The number of benzene rings is 4. The number of cyclic esters (lactones) is 1. The number of rotatable bonds is 12. The largest absolute Gasteiger partial charge is 0.491 e. The first-order valence-electron chi connectivity index (χ1n) is 17.6. The third-order valence-corrected chi connectivity index (χ3v) is 9.46. The van der Waals surface area contributed by atoms with Crippen LogP contribution in [0.1, 0.15) is 73.8 Å². The Kier molecular flexibility index (Phi) is 9.21. The fraction of sp³-hybridized carbons (Fsp3) is 0.256. The molecule has 3 heterocycles. The summed E-state index contributed by atoms with van der Waals surface area (Å²) in [5.74, 6) is 0.361. The second kappa shape index (κ2) is 14.0. The number of unbranched alkanes of at least 4 members (excludes halogenated alkanes) is 1. The van der Waals surface area contributed by atoms with Crippen LogP contribution in [0, 0.1) is 0 Å². The molecule has 1 aliphatic heterocycles. The Morgan fingerprint density at radius 1 is 0.837 bits per heavy atom. The molecule has 1 atom stereocenters. The van der Waals surface area contributed by atoms with Crippen molar-refractivity contribution in [1.29, 1.82) is 0 Å². The topological polar surface area (TPSA) is 65.4 Å². The van der Waals surface area contributed by atoms with Gasteiger partial charge in [0, 0.05) is 52.4 Å². The Morgan fingerprint density at radius 3 is 2.24 bits per heavy atom. The molecule has 49 heavy (non-hydrogen) atoms. The van der Waals surface area contributed by atoms with Crippen molar-refractivity contribution in [3.05, 3.63) is 126 Å². The summed E-state index contributed by atoms with van der Waals surface area (Å²) in [6.07, 6.45) is 4.10. The number of aromatic nitrogens is 2. The van der Waals surface area contributed by atoms with Gasteiger partial charge in [0.25, 0.3) is 0 Å². The van der Waals surface area contributed by atoms with Crippen LogP contribution in [0.15, 0.2) is 103 Å². The third kappa shape index (κ3) is 5.65. The van der Waals surface area contributed by atoms with Crippen molar-refractivity contribution in [2.45, 2.75) is 59.6 Å². The van der Waals surface area contributed by atoms with Crippen LogP contribution in [-0.4, -0.2) is 28.7 Å². The van der Waals surface area contributed by atoms with Crippen molar-refractivity contribution in [3.63, 3.8) is 0 Å². The van der Waals surface area contributed by atoms with Crippen LogP contribution in [0.5, 0.6) is 5.75 Å². The van der Waals surface area contributed by atoms with Crippen molar-refractivity contribution in [1.82, 2.24) is 9.55 Å². The SMILES string of the molecule is CCCCc1cc(-c2ccnc3c2C(c2c(-c4ccccc4)n(CC)c4ccccc24)OC3=O)c(OCC)c(NCC)c1-c1ccccc1. The predicted molar refractivity (Wildman–Crippen MR) is 199 cm³/mol. The van der Waals surface area contributed by atoms with Gasteiger partial charge in [-0.05, 0) is 74.1 Å². The Morgan fingerprint density at radius 2 is 1.55 bits per heavy atom. The van der Waals surface area contributed by atoms with Crippen LogP contribution in [-0.2, 0) is 17.7 Å². The molecule has 0 saturated heterocycles. The average molecular weight is 650 g/mol. The molecule has 1 unspecified atom stereocenters. The summed E-state index contributed by atoms with van der Waals surface area (Å²) in [4.78, 5) is 18.4. The van der Waals surface area contributed by atoms with Gasteiger partial charge in [-0.1, -0.05) is 92.2 Å². The summed E-state index contributed by atoms with van der Waals surface area (Å²) in [6.45, 7) is 10.5.